The van der Waals surface area contributed by atoms with Crippen molar-refractivity contribution in [2.75, 3.05) is 7.11 Å². The maximum absolute atomic E-state index is 5.80. The van der Waals surface area contributed by atoms with Crippen LogP contribution in [-0.4, -0.2) is 7.11 Å². The Morgan fingerprint density at radius 3 is 2.48 bits per heavy atom. The summed E-state index contributed by atoms with van der Waals surface area (Å²) in [5, 5.41) is 1.05. The van der Waals surface area contributed by atoms with Gasteiger partial charge in [-0.05, 0) is 35.9 Å². The van der Waals surface area contributed by atoms with Crippen LogP contribution in [0.4, 0.5) is 0 Å². The molecule has 0 amide bonds. The van der Waals surface area contributed by atoms with E-state index in [4.69, 9.17) is 19.6 Å². The van der Waals surface area contributed by atoms with Crippen molar-refractivity contribution in [1.82, 2.24) is 0 Å². The Labute approximate surface area is 123 Å². The van der Waals surface area contributed by atoms with Gasteiger partial charge in [0.1, 0.15) is 23.7 Å². The highest BCUT2D eigenvalue weighted by molar-refractivity contribution is 5.84. The number of ether oxygens (including phenoxy) is 2. The Kier molecular flexibility index (Phi) is 3.79. The predicted octanol–water partition coefficient (Wildman–Crippen LogP) is 3.48. The first kappa shape index (κ1) is 13.5. The summed E-state index contributed by atoms with van der Waals surface area (Å²) in [5.74, 6) is 1.59. The van der Waals surface area contributed by atoms with Gasteiger partial charge in [0.05, 0.1) is 13.4 Å². The van der Waals surface area contributed by atoms with Crippen LogP contribution in [0.2, 0.25) is 0 Å². The third-order valence-corrected chi connectivity index (χ3v) is 3.44. The highest BCUT2D eigenvalue weighted by atomic mass is 16.5. The predicted molar refractivity (Wildman–Crippen MR) is 81.4 cm³/mol. The zero-order valence-electron chi connectivity index (χ0n) is 11.8. The van der Waals surface area contributed by atoms with Gasteiger partial charge in [0.25, 0.3) is 0 Å². The Bertz CT molecular complexity index is 731. The average molecular weight is 283 g/mol. The van der Waals surface area contributed by atoms with E-state index in [1.54, 1.807) is 13.4 Å². The standard InChI is InChI=1S/C17H17NO3/c1-19-14-5-7-15(8-6-14)20-10-13-11-21-16-4-2-3-12(9-18)17(13)16/h2-8,11H,9-10,18H2,1H3. The first-order valence-electron chi connectivity index (χ1n) is 6.76. The summed E-state index contributed by atoms with van der Waals surface area (Å²) in [4.78, 5) is 0. The van der Waals surface area contributed by atoms with E-state index in [1.807, 2.05) is 42.5 Å². The molecule has 4 nitrogen and oxygen atoms in total. The second kappa shape index (κ2) is 5.89. The molecule has 0 spiro atoms. The number of fused-ring (bicyclic) bond motifs is 1. The second-order valence-corrected chi connectivity index (χ2v) is 4.72. The van der Waals surface area contributed by atoms with Crippen molar-refractivity contribution in [1.29, 1.82) is 0 Å². The molecule has 3 aromatic rings. The highest BCUT2D eigenvalue weighted by Crippen LogP contribution is 2.26. The number of nitrogens with two attached hydrogens (primary N) is 1. The first-order valence-corrected chi connectivity index (χ1v) is 6.76. The van der Waals surface area contributed by atoms with Gasteiger partial charge >= 0.3 is 0 Å². The molecule has 0 aliphatic rings. The van der Waals surface area contributed by atoms with Crippen LogP contribution < -0.4 is 15.2 Å². The van der Waals surface area contributed by atoms with Crippen molar-refractivity contribution >= 4 is 11.0 Å². The Morgan fingerprint density at radius 1 is 1.00 bits per heavy atom. The van der Waals surface area contributed by atoms with Crippen LogP contribution in [0.1, 0.15) is 11.1 Å². The van der Waals surface area contributed by atoms with Crippen LogP contribution in [0.5, 0.6) is 11.5 Å². The summed E-state index contributed by atoms with van der Waals surface area (Å²) < 4.78 is 16.5. The van der Waals surface area contributed by atoms with Crippen LogP contribution in [0.15, 0.2) is 53.1 Å². The van der Waals surface area contributed by atoms with Crippen molar-refractivity contribution < 1.29 is 13.9 Å². The Morgan fingerprint density at radius 2 is 1.76 bits per heavy atom. The maximum Gasteiger partial charge on any atom is 0.134 e. The van der Waals surface area contributed by atoms with Crippen molar-refractivity contribution in [3.63, 3.8) is 0 Å². The fourth-order valence-corrected chi connectivity index (χ4v) is 2.34. The molecule has 4 heteroatoms. The van der Waals surface area contributed by atoms with E-state index < -0.39 is 0 Å². The van der Waals surface area contributed by atoms with Gasteiger partial charge in [-0.2, -0.15) is 0 Å². The van der Waals surface area contributed by atoms with Crippen LogP contribution in [0, 0.1) is 0 Å². The van der Waals surface area contributed by atoms with Crippen LogP contribution in [-0.2, 0) is 13.2 Å². The van der Waals surface area contributed by atoms with Gasteiger partial charge in [-0.15, -0.1) is 0 Å². The van der Waals surface area contributed by atoms with E-state index in [0.29, 0.717) is 13.2 Å². The molecule has 0 aliphatic carbocycles. The Balaban J connectivity index is 1.81. The van der Waals surface area contributed by atoms with E-state index in [9.17, 15) is 0 Å². The number of hydrogen-bond donors (Lipinski definition) is 1. The van der Waals surface area contributed by atoms with E-state index in [2.05, 4.69) is 0 Å². The summed E-state index contributed by atoms with van der Waals surface area (Å²) in [6.07, 6.45) is 1.73. The molecule has 0 aliphatic heterocycles. The average Bonchev–Trinajstić information content (AvgIpc) is 2.96. The van der Waals surface area contributed by atoms with E-state index in [0.717, 1.165) is 33.6 Å². The summed E-state index contributed by atoms with van der Waals surface area (Å²) in [6.45, 7) is 0.919. The quantitative estimate of drug-likeness (QED) is 0.779. The number of methoxy groups -OCH3 is 1. The van der Waals surface area contributed by atoms with E-state index in [1.165, 1.54) is 0 Å². The van der Waals surface area contributed by atoms with Crippen molar-refractivity contribution in [2.45, 2.75) is 13.2 Å². The van der Waals surface area contributed by atoms with Crippen molar-refractivity contribution in [3.8, 4) is 11.5 Å². The summed E-state index contributed by atoms with van der Waals surface area (Å²) in [6, 6.07) is 13.4. The molecule has 0 saturated heterocycles. The van der Waals surface area contributed by atoms with Gasteiger partial charge in [-0.3, -0.25) is 0 Å². The highest BCUT2D eigenvalue weighted by Gasteiger charge is 2.10. The minimum Gasteiger partial charge on any atom is -0.497 e. The van der Waals surface area contributed by atoms with Crippen molar-refractivity contribution in [2.24, 2.45) is 5.73 Å². The second-order valence-electron chi connectivity index (χ2n) is 4.72. The van der Waals surface area contributed by atoms with E-state index in [-0.39, 0.29) is 0 Å². The number of benzene rings is 2. The molecule has 0 unspecified atom stereocenters. The van der Waals surface area contributed by atoms with Gasteiger partial charge in [0.15, 0.2) is 0 Å². The molecule has 2 aromatic carbocycles. The molecular weight excluding hydrogens is 266 g/mol. The normalized spacial score (nSPS) is 10.8. The lowest BCUT2D eigenvalue weighted by Crippen LogP contribution is -1.99. The number of hydrogen-bond acceptors (Lipinski definition) is 4. The number of furan rings is 1. The molecule has 0 fully saturated rings. The lowest BCUT2D eigenvalue weighted by Gasteiger charge is -2.07. The molecule has 108 valence electrons. The molecule has 2 N–H and O–H groups in total. The van der Waals surface area contributed by atoms with Crippen LogP contribution >= 0.6 is 0 Å². The van der Waals surface area contributed by atoms with Crippen LogP contribution in [0.25, 0.3) is 11.0 Å². The molecule has 1 heterocycles. The Hall–Kier alpha value is -2.46. The minimum absolute atomic E-state index is 0.441. The zero-order chi connectivity index (χ0) is 14.7. The van der Waals surface area contributed by atoms with Crippen LogP contribution in [0.3, 0.4) is 0 Å². The van der Waals surface area contributed by atoms with Gasteiger partial charge in [-0.25, -0.2) is 0 Å². The minimum atomic E-state index is 0.441. The largest absolute Gasteiger partial charge is 0.497 e. The molecule has 3 rings (SSSR count). The maximum atomic E-state index is 5.80. The fraction of sp³-hybridized carbons (Fsp3) is 0.176. The lowest BCUT2D eigenvalue weighted by molar-refractivity contribution is 0.305. The smallest absolute Gasteiger partial charge is 0.134 e. The third-order valence-electron chi connectivity index (χ3n) is 3.44. The molecule has 0 saturated carbocycles. The molecular formula is C17H17NO3. The SMILES string of the molecule is COc1ccc(OCc2coc3cccc(CN)c23)cc1. The van der Waals surface area contributed by atoms with E-state index >= 15 is 0 Å². The molecule has 1 aromatic heterocycles. The fourth-order valence-electron chi connectivity index (χ4n) is 2.34. The molecule has 0 radical (unpaired) electrons. The molecule has 21 heavy (non-hydrogen) atoms. The van der Waals surface area contributed by atoms with Crippen molar-refractivity contribution in [3.05, 3.63) is 59.9 Å². The topological polar surface area (TPSA) is 57.6 Å². The zero-order valence-corrected chi connectivity index (χ0v) is 11.8. The summed E-state index contributed by atoms with van der Waals surface area (Å²) >= 11 is 0. The molecule has 0 atom stereocenters. The third kappa shape index (κ3) is 2.71. The van der Waals surface area contributed by atoms with Gasteiger partial charge in [0.2, 0.25) is 0 Å². The summed E-state index contributed by atoms with van der Waals surface area (Å²) in [5.41, 5.74) is 8.69. The first-order chi connectivity index (χ1) is 10.3. The van der Waals surface area contributed by atoms with Gasteiger partial charge in [-0.1, -0.05) is 12.1 Å². The van der Waals surface area contributed by atoms with Gasteiger partial charge in [0, 0.05) is 17.5 Å². The lowest BCUT2D eigenvalue weighted by atomic mass is 10.1. The monoisotopic (exact) mass is 283 g/mol. The number of rotatable bonds is 5. The van der Waals surface area contributed by atoms with Gasteiger partial charge < -0.3 is 19.6 Å². The summed E-state index contributed by atoms with van der Waals surface area (Å²) in [7, 11) is 1.64. The molecule has 0 bridgehead atoms.